The van der Waals surface area contributed by atoms with Gasteiger partial charge in [0.1, 0.15) is 5.75 Å². The van der Waals surface area contributed by atoms with Gasteiger partial charge in [0.2, 0.25) is 5.69 Å². The molecule has 35 heavy (non-hydrogen) atoms. The van der Waals surface area contributed by atoms with Gasteiger partial charge in [-0.05, 0) is 30.3 Å². The molecule has 0 bridgehead atoms. The van der Waals surface area contributed by atoms with Crippen molar-refractivity contribution in [3.63, 3.8) is 0 Å². The van der Waals surface area contributed by atoms with Gasteiger partial charge >= 0.3 is 11.7 Å². The first-order valence-electron chi connectivity index (χ1n) is 9.95. The van der Waals surface area contributed by atoms with E-state index in [1.165, 1.54) is 42.1 Å². The van der Waals surface area contributed by atoms with Gasteiger partial charge in [0.05, 0.1) is 29.0 Å². The van der Waals surface area contributed by atoms with Gasteiger partial charge < -0.3 is 9.47 Å². The van der Waals surface area contributed by atoms with Gasteiger partial charge in [-0.25, -0.2) is 9.59 Å². The summed E-state index contributed by atoms with van der Waals surface area (Å²) in [5.41, 5.74) is -1.89. The van der Waals surface area contributed by atoms with E-state index in [2.05, 4.69) is 9.84 Å². The number of halogens is 2. The second kappa shape index (κ2) is 9.61. The zero-order chi connectivity index (χ0) is 25.3. The van der Waals surface area contributed by atoms with E-state index in [9.17, 15) is 19.2 Å². The van der Waals surface area contributed by atoms with Gasteiger partial charge in [-0.15, -0.1) is 0 Å². The third kappa shape index (κ3) is 4.61. The Morgan fingerprint density at radius 2 is 1.60 bits per heavy atom. The Morgan fingerprint density at radius 3 is 2.23 bits per heavy atom. The number of hydrogen-bond donors (Lipinski definition) is 0. The van der Waals surface area contributed by atoms with Crippen molar-refractivity contribution >= 4 is 29.2 Å². The summed E-state index contributed by atoms with van der Waals surface area (Å²) in [4.78, 5) is 49.0. The highest BCUT2D eigenvalue weighted by atomic mass is 35.5. The molecule has 0 saturated heterocycles. The van der Waals surface area contributed by atoms with Crippen LogP contribution in [0.4, 0.5) is 0 Å². The minimum Gasteiger partial charge on any atom is -0.464 e. The molecule has 0 N–H and O–H groups in total. The Labute approximate surface area is 207 Å². The number of nitrogens with zero attached hydrogens (tertiary/aromatic N) is 4. The molecule has 2 aromatic heterocycles. The number of carbonyl (C=O) groups excluding carboxylic acids is 1. The van der Waals surface area contributed by atoms with Gasteiger partial charge in [0.25, 0.3) is 11.1 Å². The van der Waals surface area contributed by atoms with Gasteiger partial charge in [-0.3, -0.25) is 18.7 Å². The third-order valence-corrected chi connectivity index (χ3v) is 5.48. The van der Waals surface area contributed by atoms with Crippen LogP contribution in [0.2, 0.25) is 10.0 Å². The molecule has 0 unspecified atom stereocenters. The van der Waals surface area contributed by atoms with Crippen LogP contribution in [0.5, 0.6) is 11.5 Å². The minimum atomic E-state index is -1.01. The summed E-state index contributed by atoms with van der Waals surface area (Å²) in [5.74, 6) is -0.679. The van der Waals surface area contributed by atoms with Crippen molar-refractivity contribution in [3.05, 3.63) is 108 Å². The average Bonchev–Trinajstić information content (AvgIpc) is 2.86. The number of benzene rings is 2. The van der Waals surface area contributed by atoms with Crippen molar-refractivity contribution in [3.8, 4) is 22.9 Å². The molecule has 2 aromatic carbocycles. The monoisotopic (exact) mass is 514 g/mol. The van der Waals surface area contributed by atoms with Crippen molar-refractivity contribution in [1.29, 1.82) is 0 Å². The standard InChI is InChI=1S/C23H16Cl2N4O6/c1-27-21(31)19(22(32)34-2)26-29(23(27)33)14-10-16(24)20(17(25)11-14)35-15-8-9-18(30)28(12-15)13-6-4-3-5-7-13/h3-12H,1-2H3. The smallest absolute Gasteiger partial charge is 0.364 e. The molecule has 0 aliphatic carbocycles. The number of hydrogen-bond acceptors (Lipinski definition) is 7. The Balaban J connectivity index is 1.76. The zero-order valence-corrected chi connectivity index (χ0v) is 19.8. The molecule has 0 amide bonds. The van der Waals surface area contributed by atoms with E-state index in [-0.39, 0.29) is 32.8 Å². The van der Waals surface area contributed by atoms with Crippen LogP contribution in [0.3, 0.4) is 0 Å². The maximum absolute atomic E-state index is 12.6. The summed E-state index contributed by atoms with van der Waals surface area (Å²) in [6.07, 6.45) is 1.49. The maximum atomic E-state index is 12.6. The van der Waals surface area contributed by atoms with Gasteiger partial charge in [0, 0.05) is 18.8 Å². The van der Waals surface area contributed by atoms with Gasteiger partial charge in [0.15, 0.2) is 5.75 Å². The van der Waals surface area contributed by atoms with Crippen LogP contribution >= 0.6 is 23.2 Å². The number of esters is 1. The highest BCUT2D eigenvalue weighted by molar-refractivity contribution is 6.37. The molecule has 12 heteroatoms. The van der Waals surface area contributed by atoms with Crippen LogP contribution in [0.1, 0.15) is 10.5 Å². The van der Waals surface area contributed by atoms with Crippen LogP contribution in [-0.2, 0) is 11.8 Å². The van der Waals surface area contributed by atoms with Gasteiger partial charge in [-0.1, -0.05) is 41.4 Å². The molecule has 0 spiro atoms. The quantitative estimate of drug-likeness (QED) is 0.376. The molecule has 0 saturated carbocycles. The fourth-order valence-corrected chi connectivity index (χ4v) is 3.72. The number of ether oxygens (including phenoxy) is 2. The summed E-state index contributed by atoms with van der Waals surface area (Å²) >= 11 is 12.8. The molecular formula is C23H16Cl2N4O6. The van der Waals surface area contributed by atoms with Crippen molar-refractivity contribution in [2.45, 2.75) is 0 Å². The van der Waals surface area contributed by atoms with E-state index in [1.54, 1.807) is 24.3 Å². The first-order chi connectivity index (χ1) is 16.7. The Morgan fingerprint density at radius 1 is 0.943 bits per heavy atom. The lowest BCUT2D eigenvalue weighted by atomic mass is 10.3. The van der Waals surface area contributed by atoms with Crippen LogP contribution < -0.4 is 21.5 Å². The second-order valence-corrected chi connectivity index (χ2v) is 7.96. The van der Waals surface area contributed by atoms with Crippen molar-refractivity contribution < 1.29 is 14.3 Å². The number of pyridine rings is 1. The molecular weight excluding hydrogens is 499 g/mol. The predicted octanol–water partition coefficient (Wildman–Crippen LogP) is 2.97. The highest BCUT2D eigenvalue weighted by Crippen LogP contribution is 2.38. The highest BCUT2D eigenvalue weighted by Gasteiger charge is 2.21. The SMILES string of the molecule is COC(=O)c1nn(-c2cc(Cl)c(Oc3ccc(=O)n(-c4ccccc4)c3)c(Cl)c2)c(=O)n(C)c1=O. The summed E-state index contributed by atoms with van der Waals surface area (Å²) in [5, 5.41) is 3.84. The number of methoxy groups -OCH3 is 1. The first-order valence-corrected chi connectivity index (χ1v) is 10.7. The molecule has 0 fully saturated rings. The molecule has 0 atom stereocenters. The van der Waals surface area contributed by atoms with E-state index in [0.717, 1.165) is 11.8 Å². The second-order valence-electron chi connectivity index (χ2n) is 7.15. The van der Waals surface area contributed by atoms with E-state index in [1.807, 2.05) is 6.07 Å². The van der Waals surface area contributed by atoms with E-state index >= 15 is 0 Å². The fraction of sp³-hybridized carbons (Fsp3) is 0.0870. The summed E-state index contributed by atoms with van der Waals surface area (Å²) < 4.78 is 13.3. The molecule has 2 heterocycles. The fourth-order valence-electron chi connectivity index (χ4n) is 3.17. The van der Waals surface area contributed by atoms with E-state index < -0.39 is 22.9 Å². The Hall–Kier alpha value is -4.15. The Bertz CT molecular complexity index is 1600. The van der Waals surface area contributed by atoms with Gasteiger partial charge in [-0.2, -0.15) is 9.78 Å². The van der Waals surface area contributed by atoms with Crippen LogP contribution in [-0.4, -0.2) is 32.0 Å². The first kappa shape index (κ1) is 24.0. The third-order valence-electron chi connectivity index (χ3n) is 4.92. The summed E-state index contributed by atoms with van der Waals surface area (Å²) in [6, 6.07) is 14.4. The number of rotatable bonds is 5. The van der Waals surface area contributed by atoms with Crippen molar-refractivity contribution in [1.82, 2.24) is 18.9 Å². The lowest BCUT2D eigenvalue weighted by Crippen LogP contribution is -2.42. The minimum absolute atomic E-state index is 0.00660. The largest absolute Gasteiger partial charge is 0.464 e. The van der Waals surface area contributed by atoms with E-state index in [4.69, 9.17) is 27.9 Å². The molecule has 4 aromatic rings. The van der Waals surface area contributed by atoms with Crippen LogP contribution in [0.25, 0.3) is 11.4 Å². The maximum Gasteiger partial charge on any atom is 0.364 e. The number of aromatic nitrogens is 4. The molecule has 0 aliphatic rings. The normalized spacial score (nSPS) is 10.7. The topological polar surface area (TPSA) is 114 Å². The lowest BCUT2D eigenvalue weighted by Gasteiger charge is -2.14. The summed E-state index contributed by atoms with van der Waals surface area (Å²) in [6.45, 7) is 0. The molecule has 0 aliphatic heterocycles. The number of carbonyl (C=O) groups is 1. The van der Waals surface area contributed by atoms with Crippen molar-refractivity contribution in [2.24, 2.45) is 7.05 Å². The van der Waals surface area contributed by atoms with Crippen LogP contribution in [0, 0.1) is 0 Å². The summed E-state index contributed by atoms with van der Waals surface area (Å²) in [7, 11) is 2.28. The lowest BCUT2D eigenvalue weighted by molar-refractivity contribution is 0.0588. The molecule has 4 rings (SSSR count). The average molecular weight is 515 g/mol. The number of para-hydroxylation sites is 1. The zero-order valence-electron chi connectivity index (χ0n) is 18.3. The van der Waals surface area contributed by atoms with E-state index in [0.29, 0.717) is 10.3 Å². The van der Waals surface area contributed by atoms with Crippen LogP contribution in [0.15, 0.2) is 75.2 Å². The Kier molecular flexibility index (Phi) is 6.59. The molecule has 0 radical (unpaired) electrons. The molecule has 178 valence electrons. The predicted molar refractivity (Wildman–Crippen MR) is 129 cm³/mol. The van der Waals surface area contributed by atoms with Crippen molar-refractivity contribution in [2.75, 3.05) is 7.11 Å². The molecule has 10 nitrogen and oxygen atoms in total.